The van der Waals surface area contributed by atoms with Crippen molar-refractivity contribution >= 4 is 17.7 Å². The van der Waals surface area contributed by atoms with Crippen molar-refractivity contribution in [2.75, 3.05) is 26.4 Å². The third-order valence-electron chi connectivity index (χ3n) is 2.82. The Balaban J connectivity index is 2.42. The molecule has 0 bridgehead atoms. The number of nitrogens with one attached hydrogen (secondary N) is 1. The highest BCUT2D eigenvalue weighted by Crippen LogP contribution is 2.06. The highest BCUT2D eigenvalue weighted by atomic mass is 16.1. The molecule has 0 radical (unpaired) electrons. The third kappa shape index (κ3) is 5.01. The van der Waals surface area contributed by atoms with Crippen LogP contribution in [0.4, 0.5) is 5.69 Å². The minimum atomic E-state index is -0.0828. The van der Waals surface area contributed by atoms with Gasteiger partial charge >= 0.3 is 0 Å². The van der Waals surface area contributed by atoms with E-state index in [4.69, 9.17) is 5.73 Å². The molecule has 0 spiro atoms. The standard InChI is InChI=1S/C14H21N3O/c1-11(17(2)3)10-16-14(18)9-6-12-4-7-13(15)8-5-12/h4-9,11H,10,15H2,1-3H3,(H,16,18)/b9-6+. The number of likely N-dealkylation sites (N-methyl/N-ethyl adjacent to an activating group) is 1. The number of anilines is 1. The fourth-order valence-electron chi connectivity index (χ4n) is 1.27. The summed E-state index contributed by atoms with van der Waals surface area (Å²) >= 11 is 0. The molecule has 98 valence electrons. The van der Waals surface area contributed by atoms with Crippen molar-refractivity contribution in [1.82, 2.24) is 10.2 Å². The first-order chi connectivity index (χ1) is 8.49. The molecule has 1 atom stereocenters. The predicted molar refractivity (Wildman–Crippen MR) is 76.0 cm³/mol. The molecule has 18 heavy (non-hydrogen) atoms. The quantitative estimate of drug-likeness (QED) is 0.610. The average molecular weight is 247 g/mol. The van der Waals surface area contributed by atoms with Gasteiger partial charge in [0.15, 0.2) is 0 Å². The molecule has 0 aromatic heterocycles. The summed E-state index contributed by atoms with van der Waals surface area (Å²) in [5, 5.41) is 2.85. The van der Waals surface area contributed by atoms with E-state index in [1.807, 2.05) is 38.4 Å². The van der Waals surface area contributed by atoms with Crippen LogP contribution in [0.25, 0.3) is 6.08 Å². The van der Waals surface area contributed by atoms with Crippen LogP contribution in [0.5, 0.6) is 0 Å². The molecule has 1 aromatic rings. The molecule has 0 aliphatic rings. The van der Waals surface area contributed by atoms with Crippen molar-refractivity contribution in [3.63, 3.8) is 0 Å². The minimum Gasteiger partial charge on any atom is -0.399 e. The van der Waals surface area contributed by atoms with Crippen molar-refractivity contribution in [1.29, 1.82) is 0 Å². The summed E-state index contributed by atoms with van der Waals surface area (Å²) in [5.74, 6) is -0.0828. The van der Waals surface area contributed by atoms with Crippen LogP contribution in [0.3, 0.4) is 0 Å². The molecule has 0 aliphatic heterocycles. The van der Waals surface area contributed by atoms with Crippen molar-refractivity contribution in [2.45, 2.75) is 13.0 Å². The maximum absolute atomic E-state index is 11.6. The molecule has 0 saturated carbocycles. The molecule has 1 amide bonds. The van der Waals surface area contributed by atoms with E-state index < -0.39 is 0 Å². The molecule has 0 saturated heterocycles. The smallest absolute Gasteiger partial charge is 0.244 e. The fraction of sp³-hybridized carbons (Fsp3) is 0.357. The second-order valence-electron chi connectivity index (χ2n) is 4.56. The number of benzene rings is 1. The molecule has 0 aliphatic carbocycles. The van der Waals surface area contributed by atoms with E-state index in [9.17, 15) is 4.79 Å². The highest BCUT2D eigenvalue weighted by molar-refractivity contribution is 5.91. The number of rotatable bonds is 5. The summed E-state index contributed by atoms with van der Waals surface area (Å²) in [7, 11) is 3.97. The molecule has 0 heterocycles. The number of nitrogens with zero attached hydrogens (tertiary/aromatic N) is 1. The lowest BCUT2D eigenvalue weighted by atomic mass is 10.2. The Bertz CT molecular complexity index is 410. The van der Waals surface area contributed by atoms with E-state index in [0.717, 1.165) is 11.3 Å². The lowest BCUT2D eigenvalue weighted by Crippen LogP contribution is -2.37. The minimum absolute atomic E-state index is 0.0828. The number of amides is 1. The molecule has 1 unspecified atom stereocenters. The molecular formula is C14H21N3O. The molecule has 4 nitrogen and oxygen atoms in total. The average Bonchev–Trinajstić information content (AvgIpc) is 2.35. The zero-order chi connectivity index (χ0) is 13.5. The van der Waals surface area contributed by atoms with Gasteiger partial charge in [-0.25, -0.2) is 0 Å². The van der Waals surface area contributed by atoms with Gasteiger partial charge in [-0.05, 0) is 44.8 Å². The van der Waals surface area contributed by atoms with Gasteiger partial charge in [0.1, 0.15) is 0 Å². The SMILES string of the molecule is CC(CNC(=O)/C=C/c1ccc(N)cc1)N(C)C. The molecule has 0 fully saturated rings. The van der Waals surface area contributed by atoms with E-state index in [0.29, 0.717) is 12.6 Å². The first-order valence-corrected chi connectivity index (χ1v) is 5.97. The Hall–Kier alpha value is -1.81. The van der Waals surface area contributed by atoms with Gasteiger partial charge in [0.25, 0.3) is 0 Å². The Labute approximate surface area is 108 Å². The van der Waals surface area contributed by atoms with Gasteiger partial charge in [-0.15, -0.1) is 0 Å². The maximum Gasteiger partial charge on any atom is 0.244 e. The molecular weight excluding hydrogens is 226 g/mol. The van der Waals surface area contributed by atoms with E-state index in [2.05, 4.69) is 17.1 Å². The van der Waals surface area contributed by atoms with Crippen LogP contribution >= 0.6 is 0 Å². The van der Waals surface area contributed by atoms with Crippen molar-refractivity contribution in [3.05, 3.63) is 35.9 Å². The lowest BCUT2D eigenvalue weighted by Gasteiger charge is -2.19. The molecule has 3 N–H and O–H groups in total. The number of nitrogen functional groups attached to an aromatic ring is 1. The van der Waals surface area contributed by atoms with Gasteiger partial charge in [0, 0.05) is 24.4 Å². The topological polar surface area (TPSA) is 58.4 Å². The number of hydrogen-bond acceptors (Lipinski definition) is 3. The number of hydrogen-bond donors (Lipinski definition) is 2. The first kappa shape index (κ1) is 14.3. The summed E-state index contributed by atoms with van der Waals surface area (Å²) < 4.78 is 0. The number of carbonyl (C=O) groups excluding carboxylic acids is 1. The van der Waals surface area contributed by atoms with Gasteiger partial charge in [0.05, 0.1) is 0 Å². The summed E-state index contributed by atoms with van der Waals surface area (Å²) in [6.07, 6.45) is 3.31. The zero-order valence-corrected chi connectivity index (χ0v) is 11.2. The summed E-state index contributed by atoms with van der Waals surface area (Å²) in [5.41, 5.74) is 7.26. The first-order valence-electron chi connectivity index (χ1n) is 5.97. The van der Waals surface area contributed by atoms with Crippen LogP contribution in [0.2, 0.25) is 0 Å². The van der Waals surface area contributed by atoms with Crippen LogP contribution in [0, 0.1) is 0 Å². The van der Waals surface area contributed by atoms with Gasteiger partial charge in [-0.2, -0.15) is 0 Å². The van der Waals surface area contributed by atoms with Crippen molar-refractivity contribution < 1.29 is 4.79 Å². The summed E-state index contributed by atoms with van der Waals surface area (Å²) in [6, 6.07) is 7.69. The van der Waals surface area contributed by atoms with Gasteiger partial charge in [0.2, 0.25) is 5.91 Å². The molecule has 1 aromatic carbocycles. The van der Waals surface area contributed by atoms with Crippen LogP contribution in [-0.2, 0) is 4.79 Å². The normalized spacial score (nSPS) is 12.9. The Morgan fingerprint density at radius 3 is 2.56 bits per heavy atom. The summed E-state index contributed by atoms with van der Waals surface area (Å²) in [4.78, 5) is 13.6. The number of nitrogens with two attached hydrogens (primary N) is 1. The van der Waals surface area contributed by atoms with E-state index in [1.54, 1.807) is 6.08 Å². The second kappa shape index (κ2) is 6.81. The zero-order valence-electron chi connectivity index (χ0n) is 11.2. The maximum atomic E-state index is 11.6. The van der Waals surface area contributed by atoms with E-state index >= 15 is 0 Å². The van der Waals surface area contributed by atoms with Crippen LogP contribution in [0.15, 0.2) is 30.3 Å². The van der Waals surface area contributed by atoms with Crippen LogP contribution in [0.1, 0.15) is 12.5 Å². The molecule has 1 rings (SSSR count). The highest BCUT2D eigenvalue weighted by Gasteiger charge is 2.04. The Kier molecular flexibility index (Phi) is 5.39. The van der Waals surface area contributed by atoms with Gasteiger partial charge in [-0.1, -0.05) is 12.1 Å². The van der Waals surface area contributed by atoms with Gasteiger partial charge < -0.3 is 16.0 Å². The van der Waals surface area contributed by atoms with Crippen molar-refractivity contribution in [2.24, 2.45) is 0 Å². The van der Waals surface area contributed by atoms with Crippen LogP contribution in [-0.4, -0.2) is 37.5 Å². The monoisotopic (exact) mass is 247 g/mol. The Morgan fingerprint density at radius 1 is 1.39 bits per heavy atom. The predicted octanol–water partition coefficient (Wildman–Crippen LogP) is 1.35. The largest absolute Gasteiger partial charge is 0.399 e. The molecule has 4 heteroatoms. The fourth-order valence-corrected chi connectivity index (χ4v) is 1.27. The van der Waals surface area contributed by atoms with Crippen LogP contribution < -0.4 is 11.1 Å². The Morgan fingerprint density at radius 2 is 2.00 bits per heavy atom. The van der Waals surface area contributed by atoms with E-state index in [-0.39, 0.29) is 5.91 Å². The second-order valence-corrected chi connectivity index (χ2v) is 4.56. The van der Waals surface area contributed by atoms with E-state index in [1.165, 1.54) is 6.08 Å². The lowest BCUT2D eigenvalue weighted by molar-refractivity contribution is -0.116. The number of carbonyl (C=O) groups is 1. The summed E-state index contributed by atoms with van der Waals surface area (Å²) in [6.45, 7) is 2.70. The van der Waals surface area contributed by atoms with Gasteiger partial charge in [-0.3, -0.25) is 4.79 Å². The van der Waals surface area contributed by atoms with Crippen molar-refractivity contribution in [3.8, 4) is 0 Å². The third-order valence-corrected chi connectivity index (χ3v) is 2.82.